The van der Waals surface area contributed by atoms with Crippen LogP contribution in [0.2, 0.25) is 0 Å². The van der Waals surface area contributed by atoms with Crippen molar-refractivity contribution in [3.63, 3.8) is 0 Å². The molecule has 0 saturated carbocycles. The lowest BCUT2D eigenvalue weighted by Crippen LogP contribution is -1.89. The van der Waals surface area contributed by atoms with Gasteiger partial charge in [0.25, 0.3) is 0 Å². The number of hydrogen-bond donors (Lipinski definition) is 0. The van der Waals surface area contributed by atoms with E-state index in [1.54, 1.807) is 5.56 Å². The molecule has 0 amide bonds. The van der Waals surface area contributed by atoms with Gasteiger partial charge in [-0.3, -0.25) is 0 Å². The molecule has 0 aliphatic carbocycles. The molecule has 0 nitrogen and oxygen atoms in total. The summed E-state index contributed by atoms with van der Waals surface area (Å²) in [5.41, 5.74) is 2.48. The summed E-state index contributed by atoms with van der Waals surface area (Å²) in [6, 6.07) is 11.0. The highest BCUT2D eigenvalue weighted by atomic mass is 31.1. The van der Waals surface area contributed by atoms with E-state index in [1.807, 2.05) is 0 Å². The predicted molar refractivity (Wildman–Crippen MR) is 56.1 cm³/mol. The quantitative estimate of drug-likeness (QED) is 0.576. The van der Waals surface area contributed by atoms with Crippen molar-refractivity contribution in [1.82, 2.24) is 0 Å². The van der Waals surface area contributed by atoms with Crippen molar-refractivity contribution in [2.75, 3.05) is 12.8 Å². The van der Waals surface area contributed by atoms with Crippen LogP contribution < -0.4 is 0 Å². The van der Waals surface area contributed by atoms with Crippen molar-refractivity contribution in [2.45, 2.75) is 18.5 Å². The van der Waals surface area contributed by atoms with E-state index in [0.29, 0.717) is 7.92 Å². The smallest absolute Gasteiger partial charge is 0.00394 e. The third-order valence-electron chi connectivity index (χ3n) is 2.70. The molecule has 64 valence electrons. The molecule has 0 N–H and O–H groups in total. The van der Waals surface area contributed by atoms with Crippen LogP contribution in [0.25, 0.3) is 0 Å². The van der Waals surface area contributed by atoms with Gasteiger partial charge in [0.1, 0.15) is 0 Å². The molecule has 1 aliphatic heterocycles. The monoisotopic (exact) mass is 178 g/mol. The van der Waals surface area contributed by atoms with Gasteiger partial charge in [-0.15, -0.1) is 7.92 Å². The Morgan fingerprint density at radius 2 is 2.00 bits per heavy atom. The molecule has 0 radical (unpaired) electrons. The summed E-state index contributed by atoms with van der Waals surface area (Å²) in [5.74, 6) is 0. The Morgan fingerprint density at radius 1 is 1.25 bits per heavy atom. The van der Waals surface area contributed by atoms with Crippen molar-refractivity contribution < 1.29 is 0 Å². The average Bonchev–Trinajstić information content (AvgIpc) is 2.53. The van der Waals surface area contributed by atoms with Crippen LogP contribution in [0.4, 0.5) is 0 Å². The Kier molecular flexibility index (Phi) is 2.46. The van der Waals surface area contributed by atoms with Crippen molar-refractivity contribution >= 4 is 7.92 Å². The van der Waals surface area contributed by atoms with E-state index in [0.717, 1.165) is 5.66 Å². The summed E-state index contributed by atoms with van der Waals surface area (Å²) in [5, 5.41) is 0. The van der Waals surface area contributed by atoms with E-state index in [-0.39, 0.29) is 0 Å². The van der Waals surface area contributed by atoms with Gasteiger partial charge in [-0.25, -0.2) is 0 Å². The molecular formula is C11H15P. The van der Waals surface area contributed by atoms with Crippen LogP contribution in [0.15, 0.2) is 30.3 Å². The number of benzene rings is 1. The molecule has 2 atom stereocenters. The summed E-state index contributed by atoms with van der Waals surface area (Å²) >= 11 is 0. The summed E-state index contributed by atoms with van der Waals surface area (Å²) in [4.78, 5) is 0. The molecule has 1 saturated heterocycles. The minimum absolute atomic E-state index is 0.295. The van der Waals surface area contributed by atoms with Gasteiger partial charge in [-0.05, 0) is 31.2 Å². The fourth-order valence-electron chi connectivity index (χ4n) is 2.01. The molecule has 12 heavy (non-hydrogen) atoms. The highest BCUT2D eigenvalue weighted by molar-refractivity contribution is 7.57. The second-order valence-corrected chi connectivity index (χ2v) is 6.13. The normalized spacial score (nSPS) is 29.1. The summed E-state index contributed by atoms with van der Waals surface area (Å²) in [6.07, 6.45) is 4.35. The van der Waals surface area contributed by atoms with E-state index in [1.165, 1.54) is 19.0 Å². The largest absolute Gasteiger partial charge is 0.102 e. The zero-order valence-electron chi connectivity index (χ0n) is 7.53. The van der Waals surface area contributed by atoms with E-state index in [2.05, 4.69) is 37.0 Å². The standard InChI is InChI=1S/C11H15P/c1-12-9-5-8-11(12)10-6-3-2-4-7-10/h2-4,6-7,11H,5,8-9H2,1H3. The predicted octanol–water partition coefficient (Wildman–Crippen LogP) is 3.63. The first kappa shape index (κ1) is 8.26. The Bertz CT molecular complexity index is 242. The Morgan fingerprint density at radius 3 is 2.58 bits per heavy atom. The maximum absolute atomic E-state index is 2.44. The zero-order valence-corrected chi connectivity index (χ0v) is 8.43. The molecule has 2 unspecified atom stereocenters. The van der Waals surface area contributed by atoms with E-state index >= 15 is 0 Å². The third-order valence-corrected chi connectivity index (χ3v) is 5.35. The second-order valence-electron chi connectivity index (χ2n) is 3.55. The van der Waals surface area contributed by atoms with Gasteiger partial charge in [0.15, 0.2) is 0 Å². The van der Waals surface area contributed by atoms with Crippen LogP contribution in [-0.4, -0.2) is 12.8 Å². The third kappa shape index (κ3) is 1.54. The molecule has 0 aromatic heterocycles. The molecule has 0 spiro atoms. The Balaban J connectivity index is 2.19. The Hall–Kier alpha value is -0.350. The van der Waals surface area contributed by atoms with Gasteiger partial charge in [-0.1, -0.05) is 30.3 Å². The Labute approximate surface area is 75.7 Å². The van der Waals surface area contributed by atoms with Gasteiger partial charge in [0, 0.05) is 5.66 Å². The number of rotatable bonds is 1. The second kappa shape index (κ2) is 3.58. The van der Waals surface area contributed by atoms with Gasteiger partial charge >= 0.3 is 0 Å². The molecule has 1 aromatic carbocycles. The average molecular weight is 178 g/mol. The molecular weight excluding hydrogens is 163 g/mol. The molecule has 1 aromatic rings. The summed E-state index contributed by atoms with van der Waals surface area (Å²) < 4.78 is 0. The molecule has 1 heterocycles. The summed E-state index contributed by atoms with van der Waals surface area (Å²) in [7, 11) is 0.295. The molecule has 1 heteroatoms. The van der Waals surface area contributed by atoms with Crippen LogP contribution >= 0.6 is 7.92 Å². The van der Waals surface area contributed by atoms with Crippen molar-refractivity contribution in [3.8, 4) is 0 Å². The molecule has 0 bridgehead atoms. The lowest BCUT2D eigenvalue weighted by molar-refractivity contribution is 0.827. The van der Waals surface area contributed by atoms with Crippen LogP contribution in [0, 0.1) is 0 Å². The van der Waals surface area contributed by atoms with E-state index < -0.39 is 0 Å². The van der Waals surface area contributed by atoms with Crippen LogP contribution in [0.3, 0.4) is 0 Å². The van der Waals surface area contributed by atoms with E-state index in [4.69, 9.17) is 0 Å². The fourth-order valence-corrected chi connectivity index (χ4v) is 4.30. The maximum atomic E-state index is 2.44. The van der Waals surface area contributed by atoms with Crippen LogP contribution in [0.1, 0.15) is 24.1 Å². The molecule has 1 fully saturated rings. The van der Waals surface area contributed by atoms with Crippen molar-refractivity contribution in [1.29, 1.82) is 0 Å². The van der Waals surface area contributed by atoms with Crippen LogP contribution in [0.5, 0.6) is 0 Å². The van der Waals surface area contributed by atoms with Crippen molar-refractivity contribution in [2.24, 2.45) is 0 Å². The highest BCUT2D eigenvalue weighted by Gasteiger charge is 2.23. The maximum Gasteiger partial charge on any atom is 0.00394 e. The van der Waals surface area contributed by atoms with E-state index in [9.17, 15) is 0 Å². The first-order valence-corrected chi connectivity index (χ1v) is 6.67. The molecule has 2 rings (SSSR count). The fraction of sp³-hybridized carbons (Fsp3) is 0.455. The lowest BCUT2D eigenvalue weighted by Gasteiger charge is -2.15. The minimum atomic E-state index is 0.295. The highest BCUT2D eigenvalue weighted by Crippen LogP contribution is 2.56. The topological polar surface area (TPSA) is 0 Å². The first-order valence-electron chi connectivity index (χ1n) is 4.63. The SMILES string of the molecule is CP1CCCC1c1ccccc1. The van der Waals surface area contributed by atoms with Gasteiger partial charge in [0.05, 0.1) is 0 Å². The molecule has 1 aliphatic rings. The van der Waals surface area contributed by atoms with Gasteiger partial charge < -0.3 is 0 Å². The van der Waals surface area contributed by atoms with Crippen molar-refractivity contribution in [3.05, 3.63) is 35.9 Å². The number of hydrogen-bond acceptors (Lipinski definition) is 0. The zero-order chi connectivity index (χ0) is 8.39. The minimum Gasteiger partial charge on any atom is -0.102 e. The first-order chi connectivity index (χ1) is 5.88. The lowest BCUT2D eigenvalue weighted by atomic mass is 10.1. The van der Waals surface area contributed by atoms with Gasteiger partial charge in [0.2, 0.25) is 0 Å². The summed E-state index contributed by atoms with van der Waals surface area (Å²) in [6.45, 7) is 2.44. The van der Waals surface area contributed by atoms with Gasteiger partial charge in [-0.2, -0.15) is 0 Å². The van der Waals surface area contributed by atoms with Crippen LogP contribution in [-0.2, 0) is 0 Å².